The summed E-state index contributed by atoms with van der Waals surface area (Å²) in [6.45, 7) is 0. The fourth-order valence-corrected chi connectivity index (χ4v) is 2.63. The molecule has 1 saturated carbocycles. The molecule has 1 aromatic rings. The summed E-state index contributed by atoms with van der Waals surface area (Å²) in [5.41, 5.74) is 2.24. The molecule has 1 aromatic heterocycles. The van der Waals surface area contributed by atoms with Crippen molar-refractivity contribution in [1.82, 2.24) is 14.3 Å². The van der Waals surface area contributed by atoms with E-state index in [1.165, 1.54) is 16.7 Å². The van der Waals surface area contributed by atoms with E-state index in [2.05, 4.69) is 15.4 Å². The molecular weight excluding hydrogens is 230 g/mol. The Morgan fingerprint density at radius 3 is 2.44 bits per heavy atom. The van der Waals surface area contributed by atoms with Crippen molar-refractivity contribution in [2.24, 2.45) is 5.84 Å². The molecule has 0 unspecified atom stereocenters. The highest BCUT2D eigenvalue weighted by Crippen LogP contribution is 2.29. The Balaban J connectivity index is 2.27. The number of nitrogens with two attached hydrogens (primary N) is 1. The Bertz CT molecular complexity index is 468. The monoisotopic (exact) mass is 243 g/mol. The lowest BCUT2D eigenvalue weighted by atomic mass is 10.7. The van der Waals surface area contributed by atoms with Gasteiger partial charge in [-0.05, 0) is 12.8 Å². The minimum atomic E-state index is -3.46. The number of nitrogen functional groups attached to an aromatic ring is 1. The standard InChI is InChI=1S/C8H13N5O2S/c1-13(6-2-3-6)16(14,15)7-4-10-8(12-9)11-5-7/h4-6H,2-3,9H2,1H3,(H,10,11,12). The van der Waals surface area contributed by atoms with E-state index in [1.807, 2.05) is 0 Å². The Hall–Kier alpha value is -1.25. The molecule has 0 aliphatic heterocycles. The highest BCUT2D eigenvalue weighted by Gasteiger charge is 2.35. The predicted octanol–water partition coefficient (Wildman–Crippen LogP) is -0.455. The lowest BCUT2D eigenvalue weighted by molar-refractivity contribution is 0.463. The molecule has 3 N–H and O–H groups in total. The Morgan fingerprint density at radius 2 is 2.00 bits per heavy atom. The van der Waals surface area contributed by atoms with E-state index in [0.717, 1.165) is 12.8 Å². The third-order valence-electron chi connectivity index (χ3n) is 2.50. The first-order valence-corrected chi connectivity index (χ1v) is 6.26. The molecule has 0 aromatic carbocycles. The van der Waals surface area contributed by atoms with Gasteiger partial charge in [0.25, 0.3) is 0 Å². The highest BCUT2D eigenvalue weighted by atomic mass is 32.2. The van der Waals surface area contributed by atoms with Crippen LogP contribution in [0.25, 0.3) is 0 Å². The van der Waals surface area contributed by atoms with Gasteiger partial charge in [-0.15, -0.1) is 0 Å². The summed E-state index contributed by atoms with van der Waals surface area (Å²) in [6, 6.07) is 0.123. The first kappa shape index (κ1) is 11.2. The van der Waals surface area contributed by atoms with Crippen molar-refractivity contribution in [3.8, 4) is 0 Å². The molecule has 1 aliphatic carbocycles. The quantitative estimate of drug-likeness (QED) is 0.548. The van der Waals surface area contributed by atoms with Crippen molar-refractivity contribution in [1.29, 1.82) is 0 Å². The van der Waals surface area contributed by atoms with Crippen molar-refractivity contribution in [3.05, 3.63) is 12.4 Å². The maximum absolute atomic E-state index is 12.0. The smallest absolute Gasteiger partial charge is 0.246 e. The second-order valence-electron chi connectivity index (χ2n) is 3.64. The zero-order chi connectivity index (χ0) is 11.8. The molecule has 2 rings (SSSR count). The molecule has 8 heteroatoms. The molecule has 1 aliphatic rings. The van der Waals surface area contributed by atoms with E-state index in [9.17, 15) is 8.42 Å². The molecule has 0 spiro atoms. The summed E-state index contributed by atoms with van der Waals surface area (Å²) in [4.78, 5) is 7.63. The average molecular weight is 243 g/mol. The van der Waals surface area contributed by atoms with E-state index < -0.39 is 10.0 Å². The van der Waals surface area contributed by atoms with Gasteiger partial charge in [-0.1, -0.05) is 0 Å². The van der Waals surface area contributed by atoms with Crippen molar-refractivity contribution in [3.63, 3.8) is 0 Å². The maximum atomic E-state index is 12.0. The van der Waals surface area contributed by atoms with Crippen LogP contribution in [0.3, 0.4) is 0 Å². The zero-order valence-electron chi connectivity index (χ0n) is 8.79. The van der Waals surface area contributed by atoms with Gasteiger partial charge in [0.05, 0.1) is 12.4 Å². The Labute approximate surface area is 93.7 Å². The number of nitrogens with zero attached hydrogens (tertiary/aromatic N) is 3. The summed E-state index contributed by atoms with van der Waals surface area (Å²) >= 11 is 0. The number of sulfonamides is 1. The number of hydrogen-bond donors (Lipinski definition) is 2. The molecule has 0 radical (unpaired) electrons. The molecule has 7 nitrogen and oxygen atoms in total. The number of hydrazine groups is 1. The lowest BCUT2D eigenvalue weighted by Gasteiger charge is -2.15. The van der Waals surface area contributed by atoms with Gasteiger partial charge >= 0.3 is 0 Å². The third-order valence-corrected chi connectivity index (χ3v) is 4.36. The van der Waals surface area contributed by atoms with Gasteiger partial charge in [0.2, 0.25) is 16.0 Å². The molecule has 0 atom stereocenters. The van der Waals surface area contributed by atoms with Crippen LogP contribution in [0.2, 0.25) is 0 Å². The van der Waals surface area contributed by atoms with Crippen molar-refractivity contribution < 1.29 is 8.42 Å². The fourth-order valence-electron chi connectivity index (χ4n) is 1.32. The lowest BCUT2D eigenvalue weighted by Crippen LogP contribution is -2.29. The topological polar surface area (TPSA) is 101 Å². The van der Waals surface area contributed by atoms with Crippen molar-refractivity contribution >= 4 is 16.0 Å². The van der Waals surface area contributed by atoms with E-state index in [1.54, 1.807) is 7.05 Å². The largest absolute Gasteiger partial charge is 0.292 e. The average Bonchev–Trinajstić information content (AvgIpc) is 3.12. The third kappa shape index (κ3) is 1.99. The maximum Gasteiger partial charge on any atom is 0.246 e. The summed E-state index contributed by atoms with van der Waals surface area (Å²) in [7, 11) is -1.89. The van der Waals surface area contributed by atoms with Crippen LogP contribution in [-0.2, 0) is 10.0 Å². The molecule has 1 heterocycles. The Morgan fingerprint density at radius 1 is 1.44 bits per heavy atom. The second kappa shape index (κ2) is 3.96. The van der Waals surface area contributed by atoms with E-state index in [-0.39, 0.29) is 16.9 Å². The summed E-state index contributed by atoms with van der Waals surface area (Å²) in [5, 5.41) is 0. The second-order valence-corrected chi connectivity index (χ2v) is 5.64. The van der Waals surface area contributed by atoms with Crippen LogP contribution in [-0.4, -0.2) is 35.8 Å². The highest BCUT2D eigenvalue weighted by molar-refractivity contribution is 7.89. The predicted molar refractivity (Wildman–Crippen MR) is 57.8 cm³/mol. The van der Waals surface area contributed by atoms with Crippen molar-refractivity contribution in [2.45, 2.75) is 23.8 Å². The van der Waals surface area contributed by atoms with Gasteiger partial charge < -0.3 is 0 Å². The molecule has 1 fully saturated rings. The van der Waals surface area contributed by atoms with Crippen LogP contribution >= 0.6 is 0 Å². The van der Waals surface area contributed by atoms with E-state index in [4.69, 9.17) is 5.84 Å². The first-order valence-electron chi connectivity index (χ1n) is 4.82. The van der Waals surface area contributed by atoms with Gasteiger partial charge in [0, 0.05) is 13.1 Å². The summed E-state index contributed by atoms with van der Waals surface area (Å²) in [5.74, 6) is 5.28. The summed E-state index contributed by atoms with van der Waals surface area (Å²) < 4.78 is 25.4. The molecule has 0 bridgehead atoms. The number of aromatic nitrogens is 2. The van der Waals surface area contributed by atoms with E-state index >= 15 is 0 Å². The van der Waals surface area contributed by atoms with Crippen molar-refractivity contribution in [2.75, 3.05) is 12.5 Å². The van der Waals surface area contributed by atoms with Crippen LogP contribution in [0.4, 0.5) is 5.95 Å². The van der Waals surface area contributed by atoms with Gasteiger partial charge in [0.1, 0.15) is 4.90 Å². The minimum absolute atomic E-state index is 0.0842. The summed E-state index contributed by atoms with van der Waals surface area (Å²) in [6.07, 6.45) is 4.32. The Kier molecular flexibility index (Phi) is 2.78. The zero-order valence-corrected chi connectivity index (χ0v) is 9.61. The van der Waals surface area contributed by atoms with Crippen LogP contribution in [0.1, 0.15) is 12.8 Å². The fraction of sp³-hybridized carbons (Fsp3) is 0.500. The van der Waals surface area contributed by atoms with Crippen LogP contribution in [0, 0.1) is 0 Å². The van der Waals surface area contributed by atoms with Crippen LogP contribution in [0.15, 0.2) is 17.3 Å². The van der Waals surface area contributed by atoms with Gasteiger partial charge in [-0.2, -0.15) is 4.31 Å². The number of anilines is 1. The molecule has 88 valence electrons. The van der Waals surface area contributed by atoms with Gasteiger partial charge in [0.15, 0.2) is 0 Å². The van der Waals surface area contributed by atoms with Gasteiger partial charge in [-0.25, -0.2) is 24.2 Å². The van der Waals surface area contributed by atoms with Crippen LogP contribution < -0.4 is 11.3 Å². The molecule has 0 amide bonds. The molecular formula is C8H13N5O2S. The normalized spacial score (nSPS) is 16.4. The number of nitrogens with one attached hydrogen (secondary N) is 1. The minimum Gasteiger partial charge on any atom is -0.292 e. The number of rotatable bonds is 4. The first-order chi connectivity index (χ1) is 7.55. The molecule has 16 heavy (non-hydrogen) atoms. The number of hydrogen-bond acceptors (Lipinski definition) is 6. The van der Waals surface area contributed by atoms with Crippen LogP contribution in [0.5, 0.6) is 0 Å². The SMILES string of the molecule is CN(C1CC1)S(=O)(=O)c1cnc(NN)nc1. The molecule has 0 saturated heterocycles. The van der Waals surface area contributed by atoms with Gasteiger partial charge in [-0.3, -0.25) is 5.43 Å². The van der Waals surface area contributed by atoms with E-state index in [0.29, 0.717) is 0 Å².